The van der Waals surface area contributed by atoms with Crippen molar-refractivity contribution in [3.8, 4) is 0 Å². The smallest absolute Gasteiger partial charge is 0.282 e. The van der Waals surface area contributed by atoms with Gasteiger partial charge >= 0.3 is 0 Å². The summed E-state index contributed by atoms with van der Waals surface area (Å²) in [5.74, 6) is 5.17. The number of hydrogen-bond donors (Lipinski definition) is 3. The average Bonchev–Trinajstić information content (AvgIpc) is 2.47. The predicted molar refractivity (Wildman–Crippen MR) is 77.3 cm³/mol. The molecule has 0 aliphatic heterocycles. The molecule has 0 aliphatic carbocycles. The summed E-state index contributed by atoms with van der Waals surface area (Å²) >= 11 is 0. The van der Waals surface area contributed by atoms with E-state index in [1.54, 1.807) is 0 Å². The van der Waals surface area contributed by atoms with Gasteiger partial charge in [0.1, 0.15) is 5.56 Å². The highest BCUT2D eigenvalue weighted by atomic mass is 16.6. The number of carbonyl (C=O) groups excluding carboxylic acids is 1. The first-order chi connectivity index (χ1) is 9.53. The minimum absolute atomic E-state index is 0.0106. The summed E-state index contributed by atoms with van der Waals surface area (Å²) in [5, 5.41) is 13.7. The van der Waals surface area contributed by atoms with Crippen LogP contribution in [0, 0.1) is 16.0 Å². The Hall–Kier alpha value is -2.15. The van der Waals surface area contributed by atoms with Crippen LogP contribution in [-0.2, 0) is 0 Å². The number of nitrogens with one attached hydrogen (secondary N) is 2. The van der Waals surface area contributed by atoms with Crippen LogP contribution in [0.25, 0.3) is 0 Å². The normalized spacial score (nSPS) is 10.4. The molecule has 0 heterocycles. The number of rotatable bonds is 7. The van der Waals surface area contributed by atoms with E-state index in [1.165, 1.54) is 18.2 Å². The molecule has 0 fully saturated rings. The van der Waals surface area contributed by atoms with Crippen molar-refractivity contribution >= 4 is 17.3 Å². The summed E-state index contributed by atoms with van der Waals surface area (Å²) in [7, 11) is 0. The molecule has 1 rings (SSSR count). The standard InChI is InChI=1S/C13H20N4O3/c1-3-9(4-2)8-15-13(18)11-7-10(16-14)5-6-12(11)17(19)20/h5-7,9,16H,3-4,8,14H2,1-2H3,(H,15,18). The summed E-state index contributed by atoms with van der Waals surface area (Å²) in [5.41, 5.74) is 2.60. The number of benzene rings is 1. The quantitative estimate of drug-likeness (QED) is 0.402. The lowest BCUT2D eigenvalue weighted by molar-refractivity contribution is -0.385. The van der Waals surface area contributed by atoms with Crippen LogP contribution in [0.2, 0.25) is 0 Å². The van der Waals surface area contributed by atoms with Gasteiger partial charge in [-0.1, -0.05) is 26.7 Å². The Morgan fingerprint density at radius 2 is 2.05 bits per heavy atom. The third-order valence-corrected chi connectivity index (χ3v) is 3.31. The minimum atomic E-state index is -0.577. The fraction of sp³-hybridized carbons (Fsp3) is 0.462. The van der Waals surface area contributed by atoms with Crippen molar-refractivity contribution in [2.45, 2.75) is 26.7 Å². The van der Waals surface area contributed by atoms with Crippen LogP contribution in [0.15, 0.2) is 18.2 Å². The van der Waals surface area contributed by atoms with Gasteiger partial charge in [-0.15, -0.1) is 0 Å². The van der Waals surface area contributed by atoms with Crippen molar-refractivity contribution in [1.82, 2.24) is 5.32 Å². The number of nitro groups is 1. The molecule has 0 saturated carbocycles. The molecule has 0 aromatic heterocycles. The second-order valence-electron chi connectivity index (χ2n) is 4.53. The Morgan fingerprint density at radius 3 is 2.55 bits per heavy atom. The van der Waals surface area contributed by atoms with Gasteiger partial charge in [0.05, 0.1) is 4.92 Å². The highest BCUT2D eigenvalue weighted by molar-refractivity contribution is 5.99. The highest BCUT2D eigenvalue weighted by Gasteiger charge is 2.20. The molecular formula is C13H20N4O3. The third kappa shape index (κ3) is 3.92. The average molecular weight is 280 g/mol. The first-order valence-electron chi connectivity index (χ1n) is 6.56. The molecule has 0 aliphatic rings. The minimum Gasteiger partial charge on any atom is -0.352 e. The maximum absolute atomic E-state index is 12.1. The Balaban J connectivity index is 2.92. The summed E-state index contributed by atoms with van der Waals surface area (Å²) < 4.78 is 0. The molecule has 4 N–H and O–H groups in total. The van der Waals surface area contributed by atoms with E-state index in [-0.39, 0.29) is 11.3 Å². The van der Waals surface area contributed by atoms with Gasteiger partial charge in [0.15, 0.2) is 0 Å². The number of nitrogens with two attached hydrogens (primary N) is 1. The predicted octanol–water partition coefficient (Wildman–Crippen LogP) is 2.05. The second-order valence-corrected chi connectivity index (χ2v) is 4.53. The Labute approximate surface area is 117 Å². The zero-order valence-corrected chi connectivity index (χ0v) is 11.7. The van der Waals surface area contributed by atoms with Crippen LogP contribution in [0.4, 0.5) is 11.4 Å². The Bertz CT molecular complexity index is 487. The Morgan fingerprint density at radius 1 is 1.40 bits per heavy atom. The lowest BCUT2D eigenvalue weighted by Crippen LogP contribution is -2.29. The van der Waals surface area contributed by atoms with E-state index in [2.05, 4.69) is 10.7 Å². The van der Waals surface area contributed by atoms with E-state index in [0.717, 1.165) is 12.8 Å². The molecule has 0 atom stereocenters. The molecule has 0 bridgehead atoms. The van der Waals surface area contributed by atoms with Gasteiger partial charge in [0.25, 0.3) is 11.6 Å². The molecule has 110 valence electrons. The lowest BCUT2D eigenvalue weighted by atomic mass is 10.0. The zero-order valence-electron chi connectivity index (χ0n) is 11.7. The van der Waals surface area contributed by atoms with Gasteiger partial charge in [-0.2, -0.15) is 0 Å². The van der Waals surface area contributed by atoms with Crippen LogP contribution in [0.5, 0.6) is 0 Å². The fourth-order valence-corrected chi connectivity index (χ4v) is 1.88. The van der Waals surface area contributed by atoms with Gasteiger partial charge in [-0.25, -0.2) is 0 Å². The van der Waals surface area contributed by atoms with Gasteiger partial charge in [0.2, 0.25) is 0 Å². The topological polar surface area (TPSA) is 110 Å². The first-order valence-corrected chi connectivity index (χ1v) is 6.56. The fourth-order valence-electron chi connectivity index (χ4n) is 1.88. The number of nitrogen functional groups attached to an aromatic ring is 1. The first kappa shape index (κ1) is 15.9. The maximum atomic E-state index is 12.1. The van der Waals surface area contributed by atoms with Crippen molar-refractivity contribution < 1.29 is 9.72 Å². The summed E-state index contributed by atoms with van der Waals surface area (Å²) in [6, 6.07) is 4.09. The number of carbonyl (C=O) groups is 1. The molecule has 7 nitrogen and oxygen atoms in total. The van der Waals surface area contributed by atoms with Crippen molar-refractivity contribution in [3.05, 3.63) is 33.9 Å². The SMILES string of the molecule is CCC(CC)CNC(=O)c1cc(NN)ccc1[N+](=O)[O-]. The van der Waals surface area contributed by atoms with Gasteiger partial charge in [-0.05, 0) is 18.1 Å². The third-order valence-electron chi connectivity index (χ3n) is 3.31. The van der Waals surface area contributed by atoms with Gasteiger partial charge < -0.3 is 10.7 Å². The van der Waals surface area contributed by atoms with Crippen molar-refractivity contribution in [1.29, 1.82) is 0 Å². The van der Waals surface area contributed by atoms with E-state index < -0.39 is 10.8 Å². The Kier molecular flexibility index (Phi) is 5.92. The largest absolute Gasteiger partial charge is 0.352 e. The number of hydrazine groups is 1. The second kappa shape index (κ2) is 7.44. The molecule has 20 heavy (non-hydrogen) atoms. The monoisotopic (exact) mass is 280 g/mol. The molecule has 0 radical (unpaired) electrons. The molecule has 0 unspecified atom stereocenters. The van der Waals surface area contributed by atoms with Crippen LogP contribution in [0.1, 0.15) is 37.0 Å². The highest BCUT2D eigenvalue weighted by Crippen LogP contribution is 2.22. The van der Waals surface area contributed by atoms with Crippen LogP contribution in [0.3, 0.4) is 0 Å². The van der Waals surface area contributed by atoms with Gasteiger partial charge in [0, 0.05) is 18.3 Å². The van der Waals surface area contributed by atoms with Crippen molar-refractivity contribution in [2.24, 2.45) is 11.8 Å². The van der Waals surface area contributed by atoms with E-state index in [4.69, 9.17) is 5.84 Å². The number of anilines is 1. The summed E-state index contributed by atoms with van der Waals surface area (Å²) in [6.07, 6.45) is 1.90. The van der Waals surface area contributed by atoms with Crippen LogP contribution >= 0.6 is 0 Å². The number of hydrogen-bond acceptors (Lipinski definition) is 5. The molecule has 0 saturated heterocycles. The number of amides is 1. The summed E-state index contributed by atoms with van der Waals surface area (Å²) in [6.45, 7) is 4.59. The van der Waals surface area contributed by atoms with E-state index in [0.29, 0.717) is 18.2 Å². The molecule has 1 amide bonds. The van der Waals surface area contributed by atoms with Crippen LogP contribution in [-0.4, -0.2) is 17.4 Å². The van der Waals surface area contributed by atoms with Crippen LogP contribution < -0.4 is 16.6 Å². The number of nitro benzene ring substituents is 1. The van der Waals surface area contributed by atoms with E-state index in [9.17, 15) is 14.9 Å². The van der Waals surface area contributed by atoms with Gasteiger partial charge in [-0.3, -0.25) is 20.8 Å². The van der Waals surface area contributed by atoms with Crippen molar-refractivity contribution in [2.75, 3.05) is 12.0 Å². The van der Waals surface area contributed by atoms with Crippen molar-refractivity contribution in [3.63, 3.8) is 0 Å². The molecule has 1 aromatic rings. The number of nitrogens with zero attached hydrogens (tertiary/aromatic N) is 1. The molecule has 7 heteroatoms. The zero-order chi connectivity index (χ0) is 15.1. The molecule has 1 aromatic carbocycles. The molecule has 0 spiro atoms. The lowest BCUT2D eigenvalue weighted by Gasteiger charge is -2.13. The van der Waals surface area contributed by atoms with E-state index in [1.807, 2.05) is 13.8 Å². The molecular weight excluding hydrogens is 260 g/mol. The maximum Gasteiger partial charge on any atom is 0.282 e. The van der Waals surface area contributed by atoms with E-state index >= 15 is 0 Å². The summed E-state index contributed by atoms with van der Waals surface area (Å²) in [4.78, 5) is 22.5.